The molecule has 3 unspecified atom stereocenters. The van der Waals surface area contributed by atoms with E-state index in [9.17, 15) is 8.42 Å². The van der Waals surface area contributed by atoms with Gasteiger partial charge in [0.1, 0.15) is 5.37 Å². The van der Waals surface area contributed by atoms with E-state index in [0.29, 0.717) is 12.0 Å². The lowest BCUT2D eigenvalue weighted by atomic mass is 9.93. The summed E-state index contributed by atoms with van der Waals surface area (Å²) < 4.78 is 24.4. The normalized spacial score (nSPS) is 34.3. The first-order valence-electron chi connectivity index (χ1n) is 7.29. The summed E-state index contributed by atoms with van der Waals surface area (Å²) in [5, 5.41) is 3.21. The Morgan fingerprint density at radius 3 is 2.89 bits per heavy atom. The van der Waals surface area contributed by atoms with Crippen LogP contribution in [-0.4, -0.2) is 61.6 Å². The SMILES string of the molecule is CCS(=O)(=O)C1CSCCN1CC1CCNC(C)C1. The van der Waals surface area contributed by atoms with Gasteiger partial charge in [-0.25, -0.2) is 8.42 Å². The van der Waals surface area contributed by atoms with Crippen LogP contribution in [0.2, 0.25) is 0 Å². The molecule has 4 nitrogen and oxygen atoms in total. The third-order valence-corrected chi connectivity index (χ3v) is 7.56. The highest BCUT2D eigenvalue weighted by atomic mass is 32.2. The number of thioether (sulfide) groups is 1. The second-order valence-electron chi connectivity index (χ2n) is 5.72. The molecule has 6 heteroatoms. The molecule has 2 fully saturated rings. The predicted molar refractivity (Wildman–Crippen MR) is 82.3 cm³/mol. The lowest BCUT2D eigenvalue weighted by Crippen LogP contribution is -2.51. The van der Waals surface area contributed by atoms with Crippen LogP contribution in [0.4, 0.5) is 0 Å². The Kier molecular flexibility index (Phi) is 5.57. The summed E-state index contributed by atoms with van der Waals surface area (Å²) >= 11 is 1.78. The van der Waals surface area contributed by atoms with Gasteiger partial charge in [0.2, 0.25) is 0 Å². The van der Waals surface area contributed by atoms with Crippen molar-refractivity contribution >= 4 is 21.6 Å². The van der Waals surface area contributed by atoms with Crippen LogP contribution in [-0.2, 0) is 9.84 Å². The summed E-state index contributed by atoms with van der Waals surface area (Å²) in [6, 6.07) is 0.569. The molecule has 0 saturated carbocycles. The van der Waals surface area contributed by atoms with Crippen molar-refractivity contribution in [3.8, 4) is 0 Å². The van der Waals surface area contributed by atoms with Crippen molar-refractivity contribution in [3.63, 3.8) is 0 Å². The summed E-state index contributed by atoms with van der Waals surface area (Å²) in [4.78, 5) is 2.23. The van der Waals surface area contributed by atoms with Gasteiger partial charge in [0.15, 0.2) is 9.84 Å². The molecule has 3 atom stereocenters. The molecule has 1 N–H and O–H groups in total. The third kappa shape index (κ3) is 4.09. The topological polar surface area (TPSA) is 49.4 Å². The van der Waals surface area contributed by atoms with Crippen LogP contribution in [0.15, 0.2) is 0 Å². The maximum Gasteiger partial charge on any atom is 0.166 e. The van der Waals surface area contributed by atoms with Crippen LogP contribution < -0.4 is 5.32 Å². The molecule has 0 spiro atoms. The van der Waals surface area contributed by atoms with Gasteiger partial charge in [-0.3, -0.25) is 4.90 Å². The van der Waals surface area contributed by atoms with Crippen molar-refractivity contribution in [1.29, 1.82) is 0 Å². The van der Waals surface area contributed by atoms with Crippen LogP contribution in [0, 0.1) is 5.92 Å². The average molecular weight is 306 g/mol. The zero-order valence-electron chi connectivity index (χ0n) is 12.0. The van der Waals surface area contributed by atoms with E-state index in [-0.39, 0.29) is 11.1 Å². The molecular formula is C13H26N2O2S2. The molecule has 2 rings (SSSR count). The Morgan fingerprint density at radius 2 is 2.21 bits per heavy atom. The molecule has 2 aliphatic rings. The average Bonchev–Trinajstić information content (AvgIpc) is 2.39. The van der Waals surface area contributed by atoms with E-state index >= 15 is 0 Å². The van der Waals surface area contributed by atoms with Crippen molar-refractivity contribution in [1.82, 2.24) is 10.2 Å². The zero-order chi connectivity index (χ0) is 13.9. The van der Waals surface area contributed by atoms with Gasteiger partial charge in [0.25, 0.3) is 0 Å². The smallest absolute Gasteiger partial charge is 0.166 e. The summed E-state index contributed by atoms with van der Waals surface area (Å²) in [6.45, 7) is 6.93. The van der Waals surface area contributed by atoms with Gasteiger partial charge in [0.05, 0.1) is 0 Å². The summed E-state index contributed by atoms with van der Waals surface area (Å²) in [5.74, 6) is 2.72. The Hall–Kier alpha value is 0.220. The summed E-state index contributed by atoms with van der Waals surface area (Å²) in [6.07, 6.45) is 2.34. The zero-order valence-corrected chi connectivity index (χ0v) is 13.6. The maximum absolute atomic E-state index is 12.2. The van der Waals surface area contributed by atoms with E-state index in [2.05, 4.69) is 17.1 Å². The van der Waals surface area contributed by atoms with E-state index in [4.69, 9.17) is 0 Å². The van der Waals surface area contributed by atoms with Gasteiger partial charge in [-0.15, -0.1) is 0 Å². The van der Waals surface area contributed by atoms with Crippen molar-refractivity contribution in [2.24, 2.45) is 5.92 Å². The highest BCUT2D eigenvalue weighted by Crippen LogP contribution is 2.25. The lowest BCUT2D eigenvalue weighted by molar-refractivity contribution is 0.188. The number of rotatable bonds is 4. The lowest BCUT2D eigenvalue weighted by Gasteiger charge is -2.38. The fraction of sp³-hybridized carbons (Fsp3) is 1.00. The van der Waals surface area contributed by atoms with Gasteiger partial charge in [0, 0.05) is 36.4 Å². The monoisotopic (exact) mass is 306 g/mol. The Balaban J connectivity index is 1.99. The number of nitrogens with one attached hydrogen (secondary N) is 1. The van der Waals surface area contributed by atoms with Gasteiger partial charge in [-0.2, -0.15) is 11.8 Å². The van der Waals surface area contributed by atoms with E-state index in [0.717, 1.165) is 31.1 Å². The van der Waals surface area contributed by atoms with Crippen molar-refractivity contribution in [3.05, 3.63) is 0 Å². The van der Waals surface area contributed by atoms with Gasteiger partial charge in [-0.05, 0) is 32.2 Å². The summed E-state index contributed by atoms with van der Waals surface area (Å²) in [7, 11) is -2.95. The second kappa shape index (κ2) is 6.78. The van der Waals surface area contributed by atoms with E-state index in [1.807, 2.05) is 0 Å². The Labute approximate surface area is 121 Å². The molecule has 2 heterocycles. The van der Waals surface area contributed by atoms with Crippen molar-refractivity contribution in [2.45, 2.75) is 38.1 Å². The standard InChI is InChI=1S/C13H26N2O2S2/c1-3-19(16,17)13-10-18-7-6-15(13)9-12-4-5-14-11(2)8-12/h11-14H,3-10H2,1-2H3. The fourth-order valence-electron chi connectivity index (χ4n) is 3.08. The molecule has 19 heavy (non-hydrogen) atoms. The maximum atomic E-state index is 12.2. The second-order valence-corrected chi connectivity index (χ2v) is 9.32. The van der Waals surface area contributed by atoms with Crippen LogP contribution in [0.5, 0.6) is 0 Å². The van der Waals surface area contributed by atoms with E-state index in [1.54, 1.807) is 18.7 Å². The number of hydrogen-bond donors (Lipinski definition) is 1. The van der Waals surface area contributed by atoms with E-state index < -0.39 is 9.84 Å². The molecule has 0 radical (unpaired) electrons. The van der Waals surface area contributed by atoms with Crippen molar-refractivity contribution in [2.75, 3.05) is 36.9 Å². The predicted octanol–water partition coefficient (Wildman–Crippen LogP) is 1.18. The van der Waals surface area contributed by atoms with Crippen LogP contribution in [0.3, 0.4) is 0 Å². The highest BCUT2D eigenvalue weighted by Gasteiger charge is 2.34. The van der Waals surface area contributed by atoms with Crippen LogP contribution in [0.1, 0.15) is 26.7 Å². The first kappa shape index (κ1) is 15.6. The molecule has 2 aliphatic heterocycles. The molecule has 0 aromatic heterocycles. The van der Waals surface area contributed by atoms with Gasteiger partial charge < -0.3 is 5.32 Å². The van der Waals surface area contributed by atoms with E-state index in [1.165, 1.54) is 12.8 Å². The molecular weight excluding hydrogens is 280 g/mol. The van der Waals surface area contributed by atoms with Gasteiger partial charge >= 0.3 is 0 Å². The number of sulfone groups is 1. The fourth-order valence-corrected chi connectivity index (χ4v) is 6.17. The molecule has 112 valence electrons. The Bertz CT molecular complexity index is 386. The third-order valence-electron chi connectivity index (χ3n) is 4.23. The minimum absolute atomic E-state index is 0.249. The van der Waals surface area contributed by atoms with Crippen LogP contribution >= 0.6 is 11.8 Å². The first-order chi connectivity index (χ1) is 9.03. The minimum Gasteiger partial charge on any atom is -0.314 e. The number of piperidine rings is 1. The summed E-state index contributed by atoms with van der Waals surface area (Å²) in [5.41, 5.74) is 0. The largest absolute Gasteiger partial charge is 0.314 e. The number of hydrogen-bond acceptors (Lipinski definition) is 5. The van der Waals surface area contributed by atoms with Crippen LogP contribution in [0.25, 0.3) is 0 Å². The Morgan fingerprint density at radius 1 is 1.42 bits per heavy atom. The quantitative estimate of drug-likeness (QED) is 0.845. The molecule has 0 aromatic rings. The number of nitrogens with zero attached hydrogens (tertiary/aromatic N) is 1. The minimum atomic E-state index is -2.95. The molecule has 0 aromatic carbocycles. The molecule has 0 bridgehead atoms. The first-order valence-corrected chi connectivity index (χ1v) is 10.2. The molecule has 2 saturated heterocycles. The van der Waals surface area contributed by atoms with Crippen molar-refractivity contribution < 1.29 is 8.42 Å². The van der Waals surface area contributed by atoms with Gasteiger partial charge in [-0.1, -0.05) is 6.92 Å². The molecule has 0 aliphatic carbocycles. The highest BCUT2D eigenvalue weighted by molar-refractivity contribution is 8.01. The molecule has 0 amide bonds.